The van der Waals surface area contributed by atoms with Gasteiger partial charge in [-0.25, -0.2) is 4.79 Å². The van der Waals surface area contributed by atoms with E-state index < -0.39 is 18.1 Å². The lowest BCUT2D eigenvalue weighted by atomic mass is 9.98. The molecule has 3 aromatic carbocycles. The van der Waals surface area contributed by atoms with E-state index in [4.69, 9.17) is 9.84 Å². The molecule has 3 N–H and O–H groups in total. The summed E-state index contributed by atoms with van der Waals surface area (Å²) in [6, 6.07) is 24.7. The highest BCUT2D eigenvalue weighted by atomic mass is 16.5. The Labute approximate surface area is 197 Å². The fourth-order valence-electron chi connectivity index (χ4n) is 4.29. The predicted molar refractivity (Wildman–Crippen MR) is 127 cm³/mol. The molecular formula is C27H26N2O5. The van der Waals surface area contributed by atoms with Gasteiger partial charge in [-0.1, -0.05) is 78.9 Å². The zero-order valence-corrected chi connectivity index (χ0v) is 18.6. The number of carbonyl (C=O) groups is 3. The van der Waals surface area contributed by atoms with E-state index in [1.54, 1.807) is 0 Å². The second-order valence-electron chi connectivity index (χ2n) is 8.13. The highest BCUT2D eigenvalue weighted by Crippen LogP contribution is 2.44. The largest absolute Gasteiger partial charge is 0.481 e. The lowest BCUT2D eigenvalue weighted by Crippen LogP contribution is -2.35. The van der Waals surface area contributed by atoms with Crippen LogP contribution in [0.15, 0.2) is 78.9 Å². The Balaban J connectivity index is 1.41. The van der Waals surface area contributed by atoms with Crippen molar-refractivity contribution in [2.75, 3.05) is 13.2 Å². The van der Waals surface area contributed by atoms with Crippen LogP contribution in [0.1, 0.15) is 41.5 Å². The van der Waals surface area contributed by atoms with Crippen LogP contribution < -0.4 is 10.6 Å². The van der Waals surface area contributed by atoms with E-state index in [9.17, 15) is 14.4 Å². The molecule has 1 atom stereocenters. The molecule has 4 rings (SSSR count). The molecule has 0 radical (unpaired) electrons. The molecule has 1 aliphatic carbocycles. The van der Waals surface area contributed by atoms with Crippen molar-refractivity contribution in [3.63, 3.8) is 0 Å². The van der Waals surface area contributed by atoms with Crippen molar-refractivity contribution in [2.24, 2.45) is 0 Å². The van der Waals surface area contributed by atoms with Crippen molar-refractivity contribution in [3.8, 4) is 11.1 Å². The van der Waals surface area contributed by atoms with Crippen LogP contribution in [0.2, 0.25) is 0 Å². The minimum Gasteiger partial charge on any atom is -0.481 e. The van der Waals surface area contributed by atoms with Crippen molar-refractivity contribution in [1.82, 2.24) is 10.6 Å². The summed E-state index contributed by atoms with van der Waals surface area (Å²) in [7, 11) is 0. The van der Waals surface area contributed by atoms with Gasteiger partial charge in [0.1, 0.15) is 6.61 Å². The van der Waals surface area contributed by atoms with Gasteiger partial charge in [0, 0.05) is 12.5 Å². The molecule has 7 heteroatoms. The van der Waals surface area contributed by atoms with E-state index in [0.29, 0.717) is 0 Å². The van der Waals surface area contributed by atoms with Crippen molar-refractivity contribution in [1.29, 1.82) is 0 Å². The molecule has 0 fully saturated rings. The molecule has 0 aromatic heterocycles. The summed E-state index contributed by atoms with van der Waals surface area (Å²) in [5.74, 6) is -1.40. The van der Waals surface area contributed by atoms with Crippen LogP contribution in [0, 0.1) is 0 Å². The van der Waals surface area contributed by atoms with E-state index in [1.807, 2.05) is 54.6 Å². The smallest absolute Gasteiger partial charge is 0.407 e. The Kier molecular flexibility index (Phi) is 7.22. The summed E-state index contributed by atoms with van der Waals surface area (Å²) in [4.78, 5) is 35.8. The average Bonchev–Trinajstić information content (AvgIpc) is 3.16. The quantitative estimate of drug-likeness (QED) is 0.445. The summed E-state index contributed by atoms with van der Waals surface area (Å²) in [5.41, 5.74) is 5.28. The number of rotatable bonds is 9. The molecule has 7 nitrogen and oxygen atoms in total. The normalized spacial score (nSPS) is 12.8. The summed E-state index contributed by atoms with van der Waals surface area (Å²) in [6.07, 6.45) is -0.816. The first-order chi connectivity index (χ1) is 16.5. The van der Waals surface area contributed by atoms with Gasteiger partial charge in [-0.15, -0.1) is 0 Å². The third kappa shape index (κ3) is 5.43. The fourth-order valence-corrected chi connectivity index (χ4v) is 4.29. The molecule has 0 saturated heterocycles. The van der Waals surface area contributed by atoms with Crippen molar-refractivity contribution < 1.29 is 24.2 Å². The standard InChI is InChI=1S/C27H26N2O5/c30-25(28-15-14-26(31)32)16-24(18-8-2-1-3-9-18)29-27(33)34-17-23-21-12-6-4-10-19(21)20-11-5-7-13-22(20)23/h1-13,23-24H,14-17H2,(H,28,30)(H,29,33)(H,31,32). The Morgan fingerprint density at radius 2 is 1.44 bits per heavy atom. The Bertz CT molecular complexity index is 1130. The predicted octanol–water partition coefficient (Wildman–Crippen LogP) is 4.25. The van der Waals surface area contributed by atoms with Gasteiger partial charge in [-0.05, 0) is 27.8 Å². The van der Waals surface area contributed by atoms with Gasteiger partial charge >= 0.3 is 12.1 Å². The van der Waals surface area contributed by atoms with E-state index >= 15 is 0 Å². The number of nitrogens with one attached hydrogen (secondary N) is 2. The Morgan fingerprint density at radius 1 is 0.853 bits per heavy atom. The van der Waals surface area contributed by atoms with Gasteiger partial charge in [0.15, 0.2) is 0 Å². The van der Waals surface area contributed by atoms with Crippen LogP contribution in [0.4, 0.5) is 4.79 Å². The monoisotopic (exact) mass is 458 g/mol. The van der Waals surface area contributed by atoms with Crippen molar-refractivity contribution >= 4 is 18.0 Å². The molecule has 2 amide bonds. The van der Waals surface area contributed by atoms with Crippen LogP contribution in [-0.4, -0.2) is 36.2 Å². The molecule has 0 saturated carbocycles. The van der Waals surface area contributed by atoms with E-state index in [2.05, 4.69) is 34.9 Å². The number of hydrogen-bond donors (Lipinski definition) is 3. The number of ether oxygens (including phenoxy) is 1. The second-order valence-corrected chi connectivity index (χ2v) is 8.13. The van der Waals surface area contributed by atoms with Gasteiger partial charge in [-0.2, -0.15) is 0 Å². The number of amides is 2. The minimum absolute atomic E-state index is 0.0284. The summed E-state index contributed by atoms with van der Waals surface area (Å²) >= 11 is 0. The number of alkyl carbamates (subject to hydrolysis) is 1. The zero-order valence-electron chi connectivity index (χ0n) is 18.6. The summed E-state index contributed by atoms with van der Waals surface area (Å²) in [6.45, 7) is 0.201. The third-order valence-corrected chi connectivity index (χ3v) is 5.89. The topological polar surface area (TPSA) is 105 Å². The highest BCUT2D eigenvalue weighted by molar-refractivity contribution is 5.80. The number of carboxylic acids is 1. The maximum absolute atomic E-state index is 12.7. The fraction of sp³-hybridized carbons (Fsp3) is 0.222. The lowest BCUT2D eigenvalue weighted by molar-refractivity contribution is -0.136. The Morgan fingerprint density at radius 3 is 2.06 bits per heavy atom. The van der Waals surface area contributed by atoms with Crippen molar-refractivity contribution in [3.05, 3.63) is 95.6 Å². The van der Waals surface area contributed by atoms with Gasteiger partial charge in [0.2, 0.25) is 5.91 Å². The molecule has 1 unspecified atom stereocenters. The SMILES string of the molecule is O=C(O)CCNC(=O)CC(NC(=O)OCC1c2ccccc2-c2ccccc21)c1ccccc1. The number of aliphatic carboxylic acids is 1. The maximum Gasteiger partial charge on any atom is 0.407 e. The van der Waals surface area contributed by atoms with E-state index in [-0.39, 0.29) is 37.8 Å². The molecular weight excluding hydrogens is 432 g/mol. The molecule has 0 aliphatic heterocycles. The van der Waals surface area contributed by atoms with Gasteiger partial charge in [0.25, 0.3) is 0 Å². The molecule has 1 aliphatic rings. The van der Waals surface area contributed by atoms with Crippen LogP contribution >= 0.6 is 0 Å². The third-order valence-electron chi connectivity index (χ3n) is 5.89. The van der Waals surface area contributed by atoms with Crippen LogP contribution in [0.25, 0.3) is 11.1 Å². The van der Waals surface area contributed by atoms with Crippen LogP contribution in [0.3, 0.4) is 0 Å². The second kappa shape index (κ2) is 10.7. The maximum atomic E-state index is 12.7. The molecule has 34 heavy (non-hydrogen) atoms. The van der Waals surface area contributed by atoms with Gasteiger partial charge < -0.3 is 20.5 Å². The van der Waals surface area contributed by atoms with E-state index in [0.717, 1.165) is 27.8 Å². The molecule has 0 bridgehead atoms. The molecule has 0 heterocycles. The number of hydrogen-bond acceptors (Lipinski definition) is 4. The number of fused-ring (bicyclic) bond motifs is 3. The number of carbonyl (C=O) groups excluding carboxylic acids is 2. The lowest BCUT2D eigenvalue weighted by Gasteiger charge is -2.20. The molecule has 174 valence electrons. The summed E-state index contributed by atoms with van der Waals surface area (Å²) < 4.78 is 5.63. The van der Waals surface area contributed by atoms with Crippen LogP contribution in [0.5, 0.6) is 0 Å². The first kappa shape index (κ1) is 23.0. The number of benzene rings is 3. The first-order valence-electron chi connectivity index (χ1n) is 11.2. The van der Waals surface area contributed by atoms with E-state index in [1.165, 1.54) is 0 Å². The van der Waals surface area contributed by atoms with Gasteiger partial charge in [0.05, 0.1) is 18.9 Å². The molecule has 0 spiro atoms. The first-order valence-corrected chi connectivity index (χ1v) is 11.2. The minimum atomic E-state index is -0.989. The molecule has 3 aromatic rings. The highest BCUT2D eigenvalue weighted by Gasteiger charge is 2.29. The average molecular weight is 459 g/mol. The van der Waals surface area contributed by atoms with Crippen molar-refractivity contribution in [2.45, 2.75) is 24.8 Å². The zero-order chi connectivity index (χ0) is 23.9. The van der Waals surface area contributed by atoms with Gasteiger partial charge in [-0.3, -0.25) is 9.59 Å². The number of carboxylic acid groups (broad SMARTS) is 1. The summed E-state index contributed by atoms with van der Waals surface area (Å²) in [5, 5.41) is 14.1. The Hall–Kier alpha value is -4.13. The van der Waals surface area contributed by atoms with Crippen LogP contribution in [-0.2, 0) is 14.3 Å².